The van der Waals surface area contributed by atoms with Gasteiger partial charge < -0.3 is 24.9 Å². The molecule has 27 heavy (non-hydrogen) atoms. The van der Waals surface area contributed by atoms with Gasteiger partial charge >= 0.3 is 29.6 Å². The fourth-order valence-electron chi connectivity index (χ4n) is 3.18. The van der Waals surface area contributed by atoms with E-state index in [9.17, 15) is 14.7 Å². The molecule has 1 N–H and O–H groups in total. The zero-order valence-corrected chi connectivity index (χ0v) is 17.5. The van der Waals surface area contributed by atoms with Crippen LogP contribution >= 0.6 is 0 Å². The zero-order valence-electron chi connectivity index (χ0n) is 15.5. The summed E-state index contributed by atoms with van der Waals surface area (Å²) in [5.41, 5.74) is 0.597. The Morgan fingerprint density at radius 2 is 1.96 bits per heavy atom. The quantitative estimate of drug-likeness (QED) is 0.399. The third kappa shape index (κ3) is 5.24. The van der Waals surface area contributed by atoms with Crippen LogP contribution in [0.25, 0.3) is 0 Å². The first-order valence-electron chi connectivity index (χ1n) is 8.49. The van der Waals surface area contributed by atoms with Crippen molar-refractivity contribution in [2.75, 3.05) is 18.1 Å². The van der Waals surface area contributed by atoms with Gasteiger partial charge in [0.05, 0.1) is 30.4 Å². The molecular weight excluding hydrogens is 359 g/mol. The molecule has 1 fully saturated rings. The summed E-state index contributed by atoms with van der Waals surface area (Å²) in [7, 11) is 1.74. The molecule has 9 heteroatoms. The van der Waals surface area contributed by atoms with Crippen LogP contribution in [-0.4, -0.2) is 46.9 Å². The second kappa shape index (κ2) is 9.77. The van der Waals surface area contributed by atoms with Gasteiger partial charge in [0.15, 0.2) is 0 Å². The van der Waals surface area contributed by atoms with E-state index in [1.54, 1.807) is 29.0 Å². The third-order valence-electron chi connectivity index (χ3n) is 4.36. The van der Waals surface area contributed by atoms with Crippen molar-refractivity contribution in [2.45, 2.75) is 24.9 Å². The summed E-state index contributed by atoms with van der Waals surface area (Å²) in [4.78, 5) is 25.6. The molecule has 1 aliphatic heterocycles. The molecule has 3 rings (SSSR count). The third-order valence-corrected chi connectivity index (χ3v) is 4.36. The smallest absolute Gasteiger partial charge is 0.548 e. The number of carboxylic acid groups (broad SMARTS) is 1. The largest absolute Gasteiger partial charge is 1.00 e. The van der Waals surface area contributed by atoms with Crippen LogP contribution in [0, 0.1) is 0 Å². The zero-order chi connectivity index (χ0) is 18.5. The van der Waals surface area contributed by atoms with Gasteiger partial charge in [-0.3, -0.25) is 9.48 Å². The van der Waals surface area contributed by atoms with Crippen LogP contribution in [-0.2, 0) is 16.6 Å². The molecule has 138 valence electrons. The van der Waals surface area contributed by atoms with E-state index in [1.165, 1.54) is 0 Å². The minimum absolute atomic E-state index is 0. The van der Waals surface area contributed by atoms with E-state index in [-0.39, 0.29) is 35.5 Å². The van der Waals surface area contributed by atoms with Crippen molar-refractivity contribution >= 4 is 17.6 Å². The van der Waals surface area contributed by atoms with Gasteiger partial charge in [-0.1, -0.05) is 18.2 Å². The van der Waals surface area contributed by atoms with Crippen LogP contribution in [0.4, 0.5) is 5.69 Å². The summed E-state index contributed by atoms with van der Waals surface area (Å²) in [6.07, 6.45) is 4.05. The fraction of sp³-hybridized carbons (Fsp3) is 0.389. The van der Waals surface area contributed by atoms with Crippen molar-refractivity contribution in [1.29, 1.82) is 0 Å². The predicted molar refractivity (Wildman–Crippen MR) is 92.5 cm³/mol. The van der Waals surface area contributed by atoms with Gasteiger partial charge in [-0.05, 0) is 25.0 Å². The fourth-order valence-corrected chi connectivity index (χ4v) is 3.18. The normalized spacial score (nSPS) is 18.6. The molecule has 1 aliphatic rings. The Morgan fingerprint density at radius 1 is 1.26 bits per heavy atom. The Morgan fingerprint density at radius 3 is 2.59 bits per heavy atom. The van der Waals surface area contributed by atoms with Crippen molar-refractivity contribution in [3.8, 4) is 5.75 Å². The van der Waals surface area contributed by atoms with Crippen LogP contribution < -0.4 is 49.6 Å². The van der Waals surface area contributed by atoms with Crippen LogP contribution in [0.1, 0.15) is 12.8 Å². The van der Waals surface area contributed by atoms with Gasteiger partial charge in [-0.15, -0.1) is 0 Å². The molecule has 0 saturated carbocycles. The Kier molecular flexibility index (Phi) is 7.70. The summed E-state index contributed by atoms with van der Waals surface area (Å²) < 4.78 is 7.12. The molecule has 1 amide bonds. The van der Waals surface area contributed by atoms with E-state index in [2.05, 4.69) is 10.4 Å². The number of aryl methyl sites for hydroxylation is 1. The number of nitrogens with one attached hydrogen (secondary N) is 1. The first kappa shape index (κ1) is 21.3. The van der Waals surface area contributed by atoms with Crippen molar-refractivity contribution < 1.29 is 49.0 Å². The van der Waals surface area contributed by atoms with Gasteiger partial charge in [0.1, 0.15) is 18.4 Å². The van der Waals surface area contributed by atoms with Crippen LogP contribution in [0.5, 0.6) is 5.75 Å². The van der Waals surface area contributed by atoms with E-state index < -0.39 is 18.1 Å². The summed E-state index contributed by atoms with van der Waals surface area (Å²) in [6, 6.07) is 7.92. The molecule has 2 heterocycles. The molecule has 2 aromatic rings. The summed E-state index contributed by atoms with van der Waals surface area (Å²) in [6.45, 7) is 0.667. The number of aromatic nitrogens is 2. The maximum absolute atomic E-state index is 12.6. The molecule has 0 radical (unpaired) electrons. The standard InChI is InChI=1S/C18H22N4O4.Na/c1-21-12-13(11-20-21)22-15(7-8-16(22)18(24)25)17(23)19-9-10-26-14-5-3-2-4-6-14;/h2-6,11-12,15-16H,7-10H2,1H3,(H,19,23)(H,24,25);/q;+1/p-1. The number of benzene rings is 1. The average Bonchev–Trinajstić information content (AvgIpc) is 3.25. The van der Waals surface area contributed by atoms with E-state index in [0.29, 0.717) is 31.7 Å². The first-order valence-corrected chi connectivity index (χ1v) is 8.49. The van der Waals surface area contributed by atoms with Gasteiger partial charge in [-0.2, -0.15) is 5.10 Å². The first-order chi connectivity index (χ1) is 12.6. The van der Waals surface area contributed by atoms with E-state index >= 15 is 0 Å². The summed E-state index contributed by atoms with van der Waals surface area (Å²) >= 11 is 0. The number of carboxylic acids is 1. The Balaban J connectivity index is 0.00000261. The van der Waals surface area contributed by atoms with Crippen molar-refractivity contribution in [2.24, 2.45) is 7.05 Å². The second-order valence-electron chi connectivity index (χ2n) is 6.16. The van der Waals surface area contributed by atoms with Gasteiger partial charge in [0.25, 0.3) is 0 Å². The van der Waals surface area contributed by atoms with Crippen molar-refractivity contribution in [3.05, 3.63) is 42.7 Å². The van der Waals surface area contributed by atoms with E-state index in [4.69, 9.17) is 4.74 Å². The number of anilines is 1. The average molecular weight is 380 g/mol. The predicted octanol–water partition coefficient (Wildman–Crippen LogP) is -3.29. The van der Waals surface area contributed by atoms with Crippen molar-refractivity contribution in [1.82, 2.24) is 15.1 Å². The monoisotopic (exact) mass is 380 g/mol. The van der Waals surface area contributed by atoms with Crippen LogP contribution in [0.2, 0.25) is 0 Å². The minimum Gasteiger partial charge on any atom is -0.548 e. The Labute approximate surface area is 179 Å². The number of nitrogens with zero attached hydrogens (tertiary/aromatic N) is 3. The van der Waals surface area contributed by atoms with E-state index in [1.807, 2.05) is 30.3 Å². The second-order valence-corrected chi connectivity index (χ2v) is 6.16. The molecule has 2 unspecified atom stereocenters. The molecule has 1 saturated heterocycles. The SMILES string of the molecule is Cn1cc(N2C(C(=O)[O-])CCC2C(=O)NCCOc2ccccc2)cn1.[Na+]. The number of hydrogen-bond donors (Lipinski definition) is 1. The topological polar surface area (TPSA) is 99.5 Å². The Bertz CT molecular complexity index is 768. The van der Waals surface area contributed by atoms with E-state index in [0.717, 1.165) is 5.75 Å². The molecule has 8 nitrogen and oxygen atoms in total. The number of rotatable bonds is 7. The molecule has 1 aromatic carbocycles. The number of carbonyl (C=O) groups is 2. The minimum atomic E-state index is -1.18. The molecule has 2 atom stereocenters. The number of ether oxygens (including phenoxy) is 1. The van der Waals surface area contributed by atoms with Gasteiger partial charge in [0.2, 0.25) is 5.91 Å². The molecule has 1 aromatic heterocycles. The molecular formula is C18H21N4NaO4. The Hall–Kier alpha value is -2.03. The van der Waals surface area contributed by atoms with Gasteiger partial charge in [0, 0.05) is 13.2 Å². The molecule has 0 aliphatic carbocycles. The summed E-state index contributed by atoms with van der Waals surface area (Å²) in [5.74, 6) is -0.678. The van der Waals surface area contributed by atoms with Crippen LogP contribution in [0.3, 0.4) is 0 Å². The van der Waals surface area contributed by atoms with Gasteiger partial charge in [-0.25, -0.2) is 0 Å². The number of amides is 1. The maximum atomic E-state index is 12.6. The van der Waals surface area contributed by atoms with Crippen molar-refractivity contribution in [3.63, 3.8) is 0 Å². The number of para-hydroxylation sites is 1. The molecule has 0 bridgehead atoms. The number of hydrogen-bond acceptors (Lipinski definition) is 6. The number of carbonyl (C=O) groups excluding carboxylic acids is 2. The van der Waals surface area contributed by atoms with Crippen LogP contribution in [0.15, 0.2) is 42.7 Å². The molecule has 0 spiro atoms. The number of aliphatic carboxylic acids is 1. The maximum Gasteiger partial charge on any atom is 1.00 e. The summed E-state index contributed by atoms with van der Waals surface area (Å²) in [5, 5.41) is 18.3.